The Morgan fingerprint density at radius 1 is 1.15 bits per heavy atom. The number of aromatic nitrogens is 2. The summed E-state index contributed by atoms with van der Waals surface area (Å²) in [5, 5.41) is 4.03. The van der Waals surface area contributed by atoms with Crippen molar-refractivity contribution < 1.29 is 9.32 Å². The van der Waals surface area contributed by atoms with Crippen LogP contribution in [0.15, 0.2) is 65.7 Å². The number of hydrogen-bond donors (Lipinski definition) is 0. The molecule has 0 atom stereocenters. The fourth-order valence-electron chi connectivity index (χ4n) is 2.64. The number of carbonyl (C=O) groups is 1. The molecule has 1 heterocycles. The van der Waals surface area contributed by atoms with E-state index in [4.69, 9.17) is 4.52 Å². The maximum atomic E-state index is 12.8. The largest absolute Gasteiger partial charge is 0.337 e. The van der Waals surface area contributed by atoms with E-state index < -0.39 is 0 Å². The van der Waals surface area contributed by atoms with Crippen LogP contribution in [0.3, 0.4) is 0 Å². The Labute approximate surface area is 153 Å². The van der Waals surface area contributed by atoms with E-state index >= 15 is 0 Å². The minimum absolute atomic E-state index is 0.0938. The Morgan fingerprint density at radius 3 is 2.62 bits per heavy atom. The van der Waals surface area contributed by atoms with Crippen molar-refractivity contribution >= 4 is 5.91 Å². The average Bonchev–Trinajstić information content (AvgIpc) is 3.10. The molecule has 0 N–H and O–H groups in total. The van der Waals surface area contributed by atoms with Crippen molar-refractivity contribution in [1.82, 2.24) is 15.0 Å². The van der Waals surface area contributed by atoms with Gasteiger partial charge in [0.2, 0.25) is 11.7 Å². The van der Waals surface area contributed by atoms with E-state index in [0.717, 1.165) is 11.1 Å². The third-order valence-electron chi connectivity index (χ3n) is 4.01. The SMILES string of the molecule is C=CCN(Cc1nc(-c2ccc(C)cc2)no1)C(=O)c1cccc(C)c1. The van der Waals surface area contributed by atoms with Gasteiger partial charge >= 0.3 is 0 Å². The van der Waals surface area contributed by atoms with Crippen molar-refractivity contribution in [3.05, 3.63) is 83.8 Å². The van der Waals surface area contributed by atoms with E-state index in [9.17, 15) is 4.79 Å². The van der Waals surface area contributed by atoms with Gasteiger partial charge in [0.05, 0.1) is 0 Å². The van der Waals surface area contributed by atoms with Gasteiger partial charge in [-0.15, -0.1) is 6.58 Å². The summed E-state index contributed by atoms with van der Waals surface area (Å²) in [4.78, 5) is 18.8. The Bertz CT molecular complexity index is 913. The lowest BCUT2D eigenvalue weighted by Crippen LogP contribution is -2.30. The highest BCUT2D eigenvalue weighted by atomic mass is 16.5. The van der Waals surface area contributed by atoms with Gasteiger partial charge in [-0.05, 0) is 26.0 Å². The maximum Gasteiger partial charge on any atom is 0.254 e. The summed E-state index contributed by atoms with van der Waals surface area (Å²) in [5.74, 6) is 0.814. The number of benzene rings is 2. The molecule has 5 nitrogen and oxygen atoms in total. The molecule has 0 bridgehead atoms. The quantitative estimate of drug-likeness (QED) is 0.628. The molecule has 0 radical (unpaired) electrons. The molecule has 1 aromatic heterocycles. The molecule has 2 aromatic carbocycles. The molecule has 5 heteroatoms. The van der Waals surface area contributed by atoms with Crippen LogP contribution in [0.25, 0.3) is 11.4 Å². The summed E-state index contributed by atoms with van der Waals surface area (Å²) in [6.45, 7) is 8.35. The van der Waals surface area contributed by atoms with Gasteiger partial charge in [-0.1, -0.05) is 58.8 Å². The third kappa shape index (κ3) is 4.06. The van der Waals surface area contributed by atoms with Crippen LogP contribution in [0, 0.1) is 13.8 Å². The molecule has 0 saturated carbocycles. The zero-order valence-corrected chi connectivity index (χ0v) is 15.0. The number of aryl methyl sites for hydroxylation is 2. The second-order valence-electron chi connectivity index (χ2n) is 6.22. The van der Waals surface area contributed by atoms with Crippen LogP contribution in [0.4, 0.5) is 0 Å². The van der Waals surface area contributed by atoms with Crippen LogP contribution >= 0.6 is 0 Å². The van der Waals surface area contributed by atoms with Crippen molar-refractivity contribution in [1.29, 1.82) is 0 Å². The van der Waals surface area contributed by atoms with Crippen LogP contribution in [-0.2, 0) is 6.54 Å². The Hall–Kier alpha value is -3.21. The second kappa shape index (κ2) is 7.78. The molecule has 26 heavy (non-hydrogen) atoms. The predicted molar refractivity (Wildman–Crippen MR) is 101 cm³/mol. The highest BCUT2D eigenvalue weighted by Gasteiger charge is 2.18. The van der Waals surface area contributed by atoms with Crippen LogP contribution in [-0.4, -0.2) is 27.5 Å². The maximum absolute atomic E-state index is 12.8. The van der Waals surface area contributed by atoms with Crippen molar-refractivity contribution in [2.45, 2.75) is 20.4 Å². The van der Waals surface area contributed by atoms with E-state index in [0.29, 0.717) is 23.8 Å². The molecular weight excluding hydrogens is 326 g/mol. The fourth-order valence-corrected chi connectivity index (χ4v) is 2.64. The molecule has 0 fully saturated rings. The van der Waals surface area contributed by atoms with E-state index in [2.05, 4.69) is 16.7 Å². The van der Waals surface area contributed by atoms with Crippen LogP contribution in [0.2, 0.25) is 0 Å². The standard InChI is InChI=1S/C21H21N3O2/c1-4-12-24(21(25)18-7-5-6-16(3)13-18)14-19-22-20(23-26-19)17-10-8-15(2)9-11-17/h4-11,13H,1,12,14H2,2-3H3. The summed E-state index contributed by atoms with van der Waals surface area (Å²) in [6, 6.07) is 15.4. The Balaban J connectivity index is 1.79. The minimum Gasteiger partial charge on any atom is -0.337 e. The highest BCUT2D eigenvalue weighted by Crippen LogP contribution is 2.18. The smallest absolute Gasteiger partial charge is 0.254 e. The lowest BCUT2D eigenvalue weighted by Gasteiger charge is -2.19. The molecule has 0 aliphatic carbocycles. The van der Waals surface area contributed by atoms with Gasteiger partial charge < -0.3 is 9.42 Å². The zero-order valence-electron chi connectivity index (χ0n) is 15.0. The lowest BCUT2D eigenvalue weighted by atomic mass is 10.1. The summed E-state index contributed by atoms with van der Waals surface area (Å²) >= 11 is 0. The van der Waals surface area contributed by atoms with Gasteiger partial charge in [-0.2, -0.15) is 4.98 Å². The van der Waals surface area contributed by atoms with E-state index in [-0.39, 0.29) is 12.5 Å². The van der Waals surface area contributed by atoms with E-state index in [1.54, 1.807) is 17.0 Å². The predicted octanol–water partition coefficient (Wildman–Crippen LogP) is 4.18. The van der Waals surface area contributed by atoms with Crippen LogP contribution in [0.1, 0.15) is 27.4 Å². The molecule has 0 aliphatic heterocycles. The summed E-state index contributed by atoms with van der Waals surface area (Å²) in [6.07, 6.45) is 1.69. The molecule has 0 saturated heterocycles. The first-order valence-corrected chi connectivity index (χ1v) is 8.43. The van der Waals surface area contributed by atoms with E-state index in [1.165, 1.54) is 5.56 Å². The number of rotatable bonds is 6. The van der Waals surface area contributed by atoms with Gasteiger partial charge in [0, 0.05) is 17.7 Å². The lowest BCUT2D eigenvalue weighted by molar-refractivity contribution is 0.0745. The fraction of sp³-hybridized carbons (Fsp3) is 0.190. The van der Waals surface area contributed by atoms with Crippen molar-refractivity contribution in [2.24, 2.45) is 0 Å². The monoisotopic (exact) mass is 347 g/mol. The average molecular weight is 347 g/mol. The third-order valence-corrected chi connectivity index (χ3v) is 4.01. The Kier molecular flexibility index (Phi) is 5.27. The molecular formula is C21H21N3O2. The first-order valence-electron chi connectivity index (χ1n) is 8.43. The molecule has 3 rings (SSSR count). The molecule has 0 unspecified atom stereocenters. The molecule has 0 spiro atoms. The molecule has 1 amide bonds. The second-order valence-corrected chi connectivity index (χ2v) is 6.22. The zero-order chi connectivity index (χ0) is 18.5. The topological polar surface area (TPSA) is 59.2 Å². The number of nitrogens with zero attached hydrogens (tertiary/aromatic N) is 3. The number of hydrogen-bond acceptors (Lipinski definition) is 4. The summed E-state index contributed by atoms with van der Waals surface area (Å²) in [7, 11) is 0. The van der Waals surface area contributed by atoms with Gasteiger partial charge in [0.1, 0.15) is 6.54 Å². The van der Waals surface area contributed by atoms with Gasteiger partial charge in [0.15, 0.2) is 0 Å². The summed E-state index contributed by atoms with van der Waals surface area (Å²) < 4.78 is 5.35. The number of amides is 1. The first-order chi connectivity index (χ1) is 12.6. The van der Waals surface area contributed by atoms with Crippen molar-refractivity contribution in [3.63, 3.8) is 0 Å². The first kappa shape index (κ1) is 17.6. The minimum atomic E-state index is -0.0938. The molecule has 0 aliphatic rings. The summed E-state index contributed by atoms with van der Waals surface area (Å²) in [5.41, 5.74) is 3.71. The van der Waals surface area contributed by atoms with Crippen LogP contribution in [0.5, 0.6) is 0 Å². The molecule has 3 aromatic rings. The van der Waals surface area contributed by atoms with Crippen LogP contribution < -0.4 is 0 Å². The van der Waals surface area contributed by atoms with Gasteiger partial charge in [0.25, 0.3) is 5.91 Å². The molecule has 132 valence electrons. The highest BCUT2D eigenvalue weighted by molar-refractivity contribution is 5.94. The van der Waals surface area contributed by atoms with Crippen molar-refractivity contribution in [2.75, 3.05) is 6.54 Å². The van der Waals surface area contributed by atoms with Crippen molar-refractivity contribution in [3.8, 4) is 11.4 Å². The Morgan fingerprint density at radius 2 is 1.92 bits per heavy atom. The number of carbonyl (C=O) groups excluding carboxylic acids is 1. The normalized spacial score (nSPS) is 10.5. The van der Waals surface area contributed by atoms with Gasteiger partial charge in [-0.3, -0.25) is 4.79 Å². The van der Waals surface area contributed by atoms with Gasteiger partial charge in [-0.25, -0.2) is 0 Å². The van der Waals surface area contributed by atoms with E-state index in [1.807, 2.05) is 56.3 Å².